The third kappa shape index (κ3) is 4.20. The number of aliphatic carboxylic acids is 1. The average Bonchev–Trinajstić information content (AvgIpc) is 2.45. The van der Waals surface area contributed by atoms with Gasteiger partial charge >= 0.3 is 5.97 Å². The van der Waals surface area contributed by atoms with E-state index in [0.29, 0.717) is 51.2 Å². The van der Waals surface area contributed by atoms with Crippen molar-refractivity contribution in [2.75, 3.05) is 19.6 Å². The summed E-state index contributed by atoms with van der Waals surface area (Å²) in [6.07, 6.45) is 4.06. The molecule has 0 radical (unpaired) electrons. The summed E-state index contributed by atoms with van der Waals surface area (Å²) >= 11 is 0. The van der Waals surface area contributed by atoms with Crippen molar-refractivity contribution in [3.63, 3.8) is 0 Å². The standard InChI is InChI=1S/C15H28N2O3/c1-3-6-15(14(19)20)7-9-17(10-8-15)13(18)5-4-12(2)11-16/h12H,3-11,16H2,1-2H3,(H,19,20). The third-order valence-electron chi connectivity index (χ3n) is 4.51. The Kier molecular flexibility index (Phi) is 6.46. The normalized spacial score (nSPS) is 19.6. The molecule has 3 N–H and O–H groups in total. The van der Waals surface area contributed by atoms with Crippen LogP contribution in [0.1, 0.15) is 52.4 Å². The van der Waals surface area contributed by atoms with E-state index in [4.69, 9.17) is 5.73 Å². The lowest BCUT2D eigenvalue weighted by Crippen LogP contribution is -2.46. The largest absolute Gasteiger partial charge is 0.481 e. The summed E-state index contributed by atoms with van der Waals surface area (Å²) in [7, 11) is 0. The maximum absolute atomic E-state index is 12.1. The molecular weight excluding hydrogens is 256 g/mol. The number of carboxylic acid groups (broad SMARTS) is 1. The lowest BCUT2D eigenvalue weighted by molar-refractivity contribution is -0.155. The summed E-state index contributed by atoms with van der Waals surface area (Å²) in [6, 6.07) is 0. The van der Waals surface area contributed by atoms with Crippen LogP contribution in [-0.4, -0.2) is 41.5 Å². The Morgan fingerprint density at radius 1 is 1.35 bits per heavy atom. The van der Waals surface area contributed by atoms with Gasteiger partial charge in [0.05, 0.1) is 5.41 Å². The smallest absolute Gasteiger partial charge is 0.309 e. The highest BCUT2D eigenvalue weighted by Crippen LogP contribution is 2.36. The van der Waals surface area contributed by atoms with Crippen LogP contribution in [0.4, 0.5) is 0 Å². The number of hydrogen-bond acceptors (Lipinski definition) is 3. The second kappa shape index (κ2) is 7.62. The summed E-state index contributed by atoms with van der Waals surface area (Å²) in [5, 5.41) is 9.44. The molecule has 0 aromatic carbocycles. The van der Waals surface area contributed by atoms with E-state index in [2.05, 4.69) is 0 Å². The van der Waals surface area contributed by atoms with E-state index in [9.17, 15) is 14.7 Å². The first-order chi connectivity index (χ1) is 9.45. The van der Waals surface area contributed by atoms with Crippen molar-refractivity contribution in [3.8, 4) is 0 Å². The number of rotatable bonds is 7. The van der Waals surface area contributed by atoms with Crippen LogP contribution in [-0.2, 0) is 9.59 Å². The first-order valence-corrected chi connectivity index (χ1v) is 7.66. The zero-order valence-electron chi connectivity index (χ0n) is 12.7. The fourth-order valence-corrected chi connectivity index (χ4v) is 2.88. The molecule has 1 saturated heterocycles. The van der Waals surface area contributed by atoms with Crippen LogP contribution >= 0.6 is 0 Å². The van der Waals surface area contributed by atoms with E-state index in [1.54, 1.807) is 0 Å². The molecule has 0 aromatic rings. The van der Waals surface area contributed by atoms with Crippen molar-refractivity contribution in [1.29, 1.82) is 0 Å². The number of piperidine rings is 1. The molecule has 0 aromatic heterocycles. The number of carboxylic acids is 1. The lowest BCUT2D eigenvalue weighted by atomic mass is 9.75. The minimum atomic E-state index is -0.705. The summed E-state index contributed by atoms with van der Waals surface area (Å²) in [5.74, 6) is -0.203. The number of carbonyl (C=O) groups is 2. The second-order valence-corrected chi connectivity index (χ2v) is 6.10. The van der Waals surface area contributed by atoms with Gasteiger partial charge in [0, 0.05) is 19.5 Å². The second-order valence-electron chi connectivity index (χ2n) is 6.10. The predicted molar refractivity (Wildman–Crippen MR) is 78.2 cm³/mol. The molecule has 1 aliphatic heterocycles. The molecule has 1 unspecified atom stereocenters. The van der Waals surface area contributed by atoms with Gasteiger partial charge in [-0.05, 0) is 38.1 Å². The Bertz CT molecular complexity index is 336. The highest BCUT2D eigenvalue weighted by atomic mass is 16.4. The number of hydrogen-bond donors (Lipinski definition) is 2. The molecule has 20 heavy (non-hydrogen) atoms. The number of nitrogens with zero attached hydrogens (tertiary/aromatic N) is 1. The van der Waals surface area contributed by atoms with Crippen LogP contribution in [0.25, 0.3) is 0 Å². The molecule has 5 nitrogen and oxygen atoms in total. The molecule has 0 saturated carbocycles. The lowest BCUT2D eigenvalue weighted by Gasteiger charge is -2.39. The van der Waals surface area contributed by atoms with Crippen molar-refractivity contribution < 1.29 is 14.7 Å². The van der Waals surface area contributed by atoms with Crippen molar-refractivity contribution in [2.24, 2.45) is 17.1 Å². The van der Waals surface area contributed by atoms with Crippen LogP contribution in [0.5, 0.6) is 0 Å². The van der Waals surface area contributed by atoms with Gasteiger partial charge in [-0.25, -0.2) is 0 Å². The van der Waals surface area contributed by atoms with E-state index in [0.717, 1.165) is 12.8 Å². The molecule has 116 valence electrons. The molecule has 0 bridgehead atoms. The average molecular weight is 284 g/mol. The SMILES string of the molecule is CCCC1(C(=O)O)CCN(C(=O)CCC(C)CN)CC1. The molecule has 5 heteroatoms. The fraction of sp³-hybridized carbons (Fsp3) is 0.867. The fourth-order valence-electron chi connectivity index (χ4n) is 2.88. The molecule has 1 aliphatic rings. The molecular formula is C15H28N2O3. The molecule has 1 rings (SSSR count). The van der Waals surface area contributed by atoms with Crippen LogP contribution in [0.3, 0.4) is 0 Å². The molecule has 1 atom stereocenters. The monoisotopic (exact) mass is 284 g/mol. The summed E-state index contributed by atoms with van der Waals surface area (Å²) in [6.45, 7) is 5.80. The van der Waals surface area contributed by atoms with Gasteiger partial charge in [-0.2, -0.15) is 0 Å². The Labute approximate surface area is 121 Å². The van der Waals surface area contributed by atoms with E-state index in [1.165, 1.54) is 0 Å². The number of likely N-dealkylation sites (tertiary alicyclic amines) is 1. The quantitative estimate of drug-likeness (QED) is 0.747. The van der Waals surface area contributed by atoms with Gasteiger partial charge in [-0.15, -0.1) is 0 Å². The van der Waals surface area contributed by atoms with Gasteiger partial charge in [-0.1, -0.05) is 20.3 Å². The number of carbonyl (C=O) groups excluding carboxylic acids is 1. The predicted octanol–water partition coefficient (Wildman–Crippen LogP) is 1.85. The van der Waals surface area contributed by atoms with Gasteiger partial charge in [0.25, 0.3) is 0 Å². The van der Waals surface area contributed by atoms with Crippen molar-refractivity contribution in [1.82, 2.24) is 4.90 Å². The topological polar surface area (TPSA) is 83.6 Å². The Morgan fingerprint density at radius 3 is 2.40 bits per heavy atom. The minimum absolute atomic E-state index is 0.140. The zero-order chi connectivity index (χ0) is 15.2. The van der Waals surface area contributed by atoms with Gasteiger partial charge in [0.1, 0.15) is 0 Å². The van der Waals surface area contributed by atoms with Crippen molar-refractivity contribution in [2.45, 2.75) is 52.4 Å². The first-order valence-electron chi connectivity index (χ1n) is 7.66. The highest BCUT2D eigenvalue weighted by molar-refractivity contribution is 5.78. The Hall–Kier alpha value is -1.10. The number of amides is 1. The number of nitrogens with two attached hydrogens (primary N) is 1. The van der Waals surface area contributed by atoms with Gasteiger partial charge in [-0.3, -0.25) is 9.59 Å². The van der Waals surface area contributed by atoms with Crippen LogP contribution in [0, 0.1) is 11.3 Å². The van der Waals surface area contributed by atoms with Crippen LogP contribution < -0.4 is 5.73 Å². The van der Waals surface area contributed by atoms with E-state index in [1.807, 2.05) is 18.7 Å². The van der Waals surface area contributed by atoms with E-state index >= 15 is 0 Å². The van der Waals surface area contributed by atoms with Gasteiger partial charge < -0.3 is 15.7 Å². The van der Waals surface area contributed by atoms with E-state index < -0.39 is 11.4 Å². The maximum Gasteiger partial charge on any atom is 0.309 e. The summed E-state index contributed by atoms with van der Waals surface area (Å²) in [5.41, 5.74) is 4.93. The third-order valence-corrected chi connectivity index (χ3v) is 4.51. The summed E-state index contributed by atoms with van der Waals surface area (Å²) in [4.78, 5) is 25.4. The van der Waals surface area contributed by atoms with Gasteiger partial charge in [0.15, 0.2) is 0 Å². The van der Waals surface area contributed by atoms with Gasteiger partial charge in [0.2, 0.25) is 5.91 Å². The van der Waals surface area contributed by atoms with Crippen molar-refractivity contribution in [3.05, 3.63) is 0 Å². The first kappa shape index (κ1) is 17.0. The maximum atomic E-state index is 12.1. The molecule has 0 aliphatic carbocycles. The minimum Gasteiger partial charge on any atom is -0.481 e. The van der Waals surface area contributed by atoms with Crippen LogP contribution in [0.2, 0.25) is 0 Å². The van der Waals surface area contributed by atoms with Crippen molar-refractivity contribution >= 4 is 11.9 Å². The molecule has 1 heterocycles. The Morgan fingerprint density at radius 2 is 1.95 bits per heavy atom. The summed E-state index contributed by atoms with van der Waals surface area (Å²) < 4.78 is 0. The zero-order valence-corrected chi connectivity index (χ0v) is 12.7. The van der Waals surface area contributed by atoms with Crippen LogP contribution in [0.15, 0.2) is 0 Å². The Balaban J connectivity index is 2.48. The highest BCUT2D eigenvalue weighted by Gasteiger charge is 2.41. The van der Waals surface area contributed by atoms with E-state index in [-0.39, 0.29) is 5.91 Å². The molecule has 0 spiro atoms. The molecule has 1 amide bonds. The molecule has 1 fully saturated rings.